The molecule has 1 radical (unpaired) electrons. The number of nitrogens with zero attached hydrogens (tertiary/aromatic N) is 5. The van der Waals surface area contributed by atoms with Gasteiger partial charge in [0.15, 0.2) is 0 Å². The zero-order valence-electron chi connectivity index (χ0n) is 16.5. The largest absolute Gasteiger partial charge is 0.792 e. The van der Waals surface area contributed by atoms with Crippen molar-refractivity contribution in [1.29, 1.82) is 0 Å². The van der Waals surface area contributed by atoms with E-state index >= 15 is 0 Å². The van der Waals surface area contributed by atoms with E-state index in [4.69, 9.17) is 17.0 Å². The van der Waals surface area contributed by atoms with Crippen LogP contribution in [0.4, 0.5) is 0 Å². The van der Waals surface area contributed by atoms with Gasteiger partial charge in [0, 0.05) is 29.2 Å². The van der Waals surface area contributed by atoms with Gasteiger partial charge in [-0.15, -0.1) is 6.92 Å². The van der Waals surface area contributed by atoms with Gasteiger partial charge >= 0.3 is 0 Å². The Bertz CT molecular complexity index is 554. The maximum atomic E-state index is 9.63. The third-order valence-electron chi connectivity index (χ3n) is 2.47. The van der Waals surface area contributed by atoms with Crippen molar-refractivity contribution >= 4 is 22.8 Å². The molecule has 0 aromatic carbocycles. The number of allylic oxidation sites excluding steroid dienone is 2. The van der Waals surface area contributed by atoms with Crippen molar-refractivity contribution in [2.45, 2.75) is 34.6 Å². The summed E-state index contributed by atoms with van der Waals surface area (Å²) in [5.41, 5.74) is 1.81. The maximum absolute atomic E-state index is 9.63. The molecule has 1 aromatic heterocycles. The van der Waals surface area contributed by atoms with Crippen molar-refractivity contribution in [3.63, 3.8) is 0 Å². The molecule has 0 saturated carbocycles. The number of hydrogen-bond donors (Lipinski definition) is 2. The van der Waals surface area contributed by atoms with Crippen LogP contribution in [0, 0.1) is 17.0 Å². The number of aromatic nitrogens is 1. The van der Waals surface area contributed by atoms with Crippen LogP contribution < -0.4 is 0 Å². The summed E-state index contributed by atoms with van der Waals surface area (Å²) in [4.78, 5) is 3.78. The number of hydrogen-bond acceptors (Lipinski definition) is 9. The third-order valence-corrected chi connectivity index (χ3v) is 2.47. The van der Waals surface area contributed by atoms with Gasteiger partial charge in [-0.05, 0) is 39.8 Å². The molecule has 28 heavy (non-hydrogen) atoms. The fraction of sp³-hybridized carbons (Fsp3) is 0.278. The quantitative estimate of drug-likeness (QED) is 0.240. The maximum Gasteiger partial charge on any atom is 0.0967 e. The van der Waals surface area contributed by atoms with Crippen LogP contribution in [0.1, 0.15) is 34.6 Å². The predicted octanol–water partition coefficient (Wildman–Crippen LogP) is 4.22. The molecule has 2 N–H and O–H groups in total. The van der Waals surface area contributed by atoms with Crippen molar-refractivity contribution in [2.75, 3.05) is 0 Å². The minimum Gasteiger partial charge on any atom is -0.792 e. The van der Waals surface area contributed by atoms with Gasteiger partial charge in [0.05, 0.1) is 22.8 Å². The van der Waals surface area contributed by atoms with E-state index < -0.39 is 0 Å². The summed E-state index contributed by atoms with van der Waals surface area (Å²) in [5.74, 6) is 0. The molecule has 0 spiro atoms. The average molecular weight is 435 g/mol. The van der Waals surface area contributed by atoms with Crippen LogP contribution in [0.15, 0.2) is 69.4 Å². The van der Waals surface area contributed by atoms with Crippen molar-refractivity contribution in [3.8, 4) is 0 Å². The summed E-state index contributed by atoms with van der Waals surface area (Å²) in [7, 11) is 0. The second kappa shape index (κ2) is 24.0. The average Bonchev–Trinajstić information content (AvgIpc) is 2.73. The van der Waals surface area contributed by atoms with Gasteiger partial charge < -0.3 is 31.1 Å². The van der Waals surface area contributed by atoms with Crippen molar-refractivity contribution < 1.29 is 27.2 Å². The van der Waals surface area contributed by atoms with E-state index in [0.29, 0.717) is 0 Å². The van der Waals surface area contributed by atoms with Crippen LogP contribution in [0.2, 0.25) is 0 Å². The van der Waals surface area contributed by atoms with Crippen molar-refractivity contribution in [3.05, 3.63) is 65.8 Å². The van der Waals surface area contributed by atoms with Gasteiger partial charge in [-0.1, -0.05) is 16.4 Å². The third kappa shape index (κ3) is 25.3. The van der Waals surface area contributed by atoms with Crippen molar-refractivity contribution in [2.24, 2.45) is 20.6 Å². The fourth-order valence-electron chi connectivity index (χ4n) is 0.589. The van der Waals surface area contributed by atoms with Gasteiger partial charge in [-0.3, -0.25) is 11.6 Å². The van der Waals surface area contributed by atoms with Gasteiger partial charge in [0.25, 0.3) is 0 Å². The van der Waals surface area contributed by atoms with E-state index in [-0.39, 0.29) is 39.6 Å². The zero-order chi connectivity index (χ0) is 21.7. The summed E-state index contributed by atoms with van der Waals surface area (Å²) >= 11 is 0. The van der Waals surface area contributed by atoms with Crippen LogP contribution >= 0.6 is 0 Å². The topological polar surface area (TPSA) is 149 Å². The molecule has 1 rings (SSSR count). The van der Waals surface area contributed by atoms with Crippen LogP contribution in [0.25, 0.3) is 0 Å². The Morgan fingerprint density at radius 1 is 0.857 bits per heavy atom. The molecule has 1 heterocycles. The number of pyridine rings is 1. The first-order valence-electron chi connectivity index (χ1n) is 7.48. The Morgan fingerprint density at radius 2 is 1.18 bits per heavy atom. The normalized spacial score (nSPS) is 11.0. The Balaban J connectivity index is -0.000000138. The summed E-state index contributed by atoms with van der Waals surface area (Å²) in [6.07, 6.45) is 4.97. The van der Waals surface area contributed by atoms with Gasteiger partial charge in [0.1, 0.15) is 0 Å². The molecule has 1 aromatic rings. The number of oxime groups is 2. The van der Waals surface area contributed by atoms with Crippen LogP contribution in [0.5, 0.6) is 0 Å². The van der Waals surface area contributed by atoms with E-state index in [1.54, 1.807) is 12.4 Å². The monoisotopic (exact) mass is 435 g/mol. The molecule has 0 aliphatic rings. The summed E-state index contributed by atoms with van der Waals surface area (Å²) < 4.78 is 0. The summed E-state index contributed by atoms with van der Waals surface area (Å²) in [6.45, 7) is 16.2. The molecule has 0 atom stereocenters. The standard InChI is InChI=1S/C5H5N.C5H7.2C4H8N2O2.Co/c1-2-4-6-5-3-1;1-4-5(2)3;2*1-3(5-7)4(2)6-8;/h1-5H;1,4H,2H2,3H3;2*7-8H,1-2H3;/q;-1;;;/p-2/b;;2*5-3+,6-4+;. The van der Waals surface area contributed by atoms with Gasteiger partial charge in [-0.2, -0.15) is 6.58 Å². The second-order valence-electron chi connectivity index (χ2n) is 4.76. The predicted molar refractivity (Wildman–Crippen MR) is 111 cm³/mol. The van der Waals surface area contributed by atoms with Crippen LogP contribution in [-0.4, -0.2) is 38.2 Å². The summed E-state index contributed by atoms with van der Waals surface area (Å²) in [5, 5.41) is 45.8. The van der Waals surface area contributed by atoms with Gasteiger partial charge in [0.2, 0.25) is 0 Å². The first-order valence-corrected chi connectivity index (χ1v) is 7.48. The van der Waals surface area contributed by atoms with E-state index in [0.717, 1.165) is 5.57 Å². The molecule has 0 amide bonds. The Hall–Kier alpha value is -2.98. The summed E-state index contributed by atoms with van der Waals surface area (Å²) in [6, 6.07) is 5.72. The second-order valence-corrected chi connectivity index (χ2v) is 4.76. The van der Waals surface area contributed by atoms with E-state index in [2.05, 4.69) is 32.2 Å². The van der Waals surface area contributed by atoms with E-state index in [1.165, 1.54) is 33.8 Å². The SMILES string of the molecule is CC(=N\[O-])/C(C)=N/O.CC(=N\[O-])/C(C)=N/O.[CH-]=CC(=C)C.[Co].c1ccncc1. The van der Waals surface area contributed by atoms with Crippen molar-refractivity contribution in [1.82, 2.24) is 4.98 Å². The molecular weight excluding hydrogens is 409 g/mol. The van der Waals surface area contributed by atoms with E-state index in [1.807, 2.05) is 25.1 Å². The molecule has 10 heteroatoms. The molecule has 0 aliphatic carbocycles. The van der Waals surface area contributed by atoms with Crippen LogP contribution in [-0.2, 0) is 16.8 Å². The fourth-order valence-corrected chi connectivity index (χ4v) is 0.589. The first kappa shape index (κ1) is 32.7. The Kier molecular flexibility index (Phi) is 28.0. The minimum atomic E-state index is 0. The molecule has 0 bridgehead atoms. The molecular formula is C18H26CoN5O4-3. The molecule has 0 aliphatic heterocycles. The molecule has 0 fully saturated rings. The molecule has 0 unspecified atom stereocenters. The molecule has 0 saturated heterocycles. The minimum absolute atomic E-state index is 0. The van der Waals surface area contributed by atoms with Gasteiger partial charge in [-0.25, -0.2) is 11.6 Å². The smallest absolute Gasteiger partial charge is 0.0967 e. The van der Waals surface area contributed by atoms with E-state index in [9.17, 15) is 10.4 Å². The zero-order valence-corrected chi connectivity index (χ0v) is 17.6. The number of rotatable bonds is 3. The first-order chi connectivity index (χ1) is 12.7. The Labute approximate surface area is 176 Å². The molecule has 9 nitrogen and oxygen atoms in total. The Morgan fingerprint density at radius 3 is 1.25 bits per heavy atom. The van der Waals surface area contributed by atoms with Crippen LogP contribution in [0.3, 0.4) is 0 Å². The molecule has 159 valence electrons.